The number of nitrogens with one attached hydrogen (secondary N) is 1. The van der Waals surface area contributed by atoms with Crippen molar-refractivity contribution in [3.8, 4) is 5.88 Å². The normalized spacial score (nSPS) is 19.5. The van der Waals surface area contributed by atoms with Crippen molar-refractivity contribution in [3.05, 3.63) is 11.9 Å². The van der Waals surface area contributed by atoms with Gasteiger partial charge in [0.2, 0.25) is 5.88 Å². The first-order valence-corrected chi connectivity index (χ1v) is 8.12. The molecule has 0 radical (unpaired) electrons. The Balaban J connectivity index is 1.73. The van der Waals surface area contributed by atoms with Crippen molar-refractivity contribution in [2.45, 2.75) is 56.9 Å². The van der Waals surface area contributed by atoms with E-state index in [0.29, 0.717) is 31.1 Å². The molecule has 5 heteroatoms. The predicted octanol–water partition coefficient (Wildman–Crippen LogP) is 3.12. The zero-order valence-electron chi connectivity index (χ0n) is 12.8. The number of nitrogens with zero attached hydrogens (tertiary/aromatic N) is 2. The molecule has 0 spiro atoms. The Morgan fingerprint density at radius 3 is 2.62 bits per heavy atom. The number of aromatic nitrogens is 2. The number of ether oxygens (including phenoxy) is 2. The van der Waals surface area contributed by atoms with E-state index in [9.17, 15) is 0 Å². The first-order valence-electron chi connectivity index (χ1n) is 8.12. The second-order valence-electron chi connectivity index (χ2n) is 6.04. The molecular formula is C16H25N3O2. The molecule has 3 rings (SSSR count). The van der Waals surface area contributed by atoms with E-state index in [1.807, 2.05) is 6.07 Å². The molecule has 0 unspecified atom stereocenters. The molecule has 0 atom stereocenters. The summed E-state index contributed by atoms with van der Waals surface area (Å²) >= 11 is 0. The molecule has 1 aromatic heterocycles. The van der Waals surface area contributed by atoms with E-state index in [0.717, 1.165) is 11.6 Å². The summed E-state index contributed by atoms with van der Waals surface area (Å²) in [7, 11) is 1.68. The molecule has 1 heterocycles. The summed E-state index contributed by atoms with van der Waals surface area (Å²) < 4.78 is 10.7. The quantitative estimate of drug-likeness (QED) is 0.782. The third-order valence-electron chi connectivity index (χ3n) is 4.16. The van der Waals surface area contributed by atoms with E-state index >= 15 is 0 Å². The van der Waals surface area contributed by atoms with Crippen LogP contribution in [-0.2, 0) is 4.74 Å². The van der Waals surface area contributed by atoms with Crippen LogP contribution in [-0.4, -0.2) is 36.3 Å². The van der Waals surface area contributed by atoms with Crippen molar-refractivity contribution in [2.24, 2.45) is 0 Å². The largest absolute Gasteiger partial charge is 0.475 e. The number of anilines is 1. The van der Waals surface area contributed by atoms with Crippen molar-refractivity contribution in [3.63, 3.8) is 0 Å². The second kappa shape index (κ2) is 7.07. The molecule has 1 aromatic rings. The van der Waals surface area contributed by atoms with E-state index in [-0.39, 0.29) is 0 Å². The van der Waals surface area contributed by atoms with E-state index < -0.39 is 0 Å². The van der Waals surface area contributed by atoms with Crippen LogP contribution < -0.4 is 10.1 Å². The van der Waals surface area contributed by atoms with E-state index in [1.165, 1.54) is 44.9 Å². The Hall–Kier alpha value is -1.36. The van der Waals surface area contributed by atoms with Crippen LogP contribution in [0.4, 0.5) is 5.82 Å². The first-order chi connectivity index (χ1) is 10.3. The fraction of sp³-hybridized carbons (Fsp3) is 0.750. The summed E-state index contributed by atoms with van der Waals surface area (Å²) in [6.45, 7) is 1.11. The van der Waals surface area contributed by atoms with Crippen LogP contribution in [0.3, 0.4) is 0 Å². The van der Waals surface area contributed by atoms with Gasteiger partial charge in [-0.2, -0.15) is 4.98 Å². The van der Waals surface area contributed by atoms with Crippen molar-refractivity contribution in [2.75, 3.05) is 25.6 Å². The van der Waals surface area contributed by atoms with Gasteiger partial charge in [0.05, 0.1) is 6.61 Å². The van der Waals surface area contributed by atoms with Gasteiger partial charge in [-0.1, -0.05) is 19.3 Å². The third-order valence-corrected chi connectivity index (χ3v) is 4.16. The molecule has 0 bridgehead atoms. The Kier molecular flexibility index (Phi) is 4.91. The van der Waals surface area contributed by atoms with Gasteiger partial charge in [0, 0.05) is 25.1 Å². The number of hydrogen-bond acceptors (Lipinski definition) is 5. The molecule has 2 fully saturated rings. The SMILES string of the molecule is COCCOc1cc(NC2CC2)nc(C2CCCCC2)n1. The molecule has 2 aliphatic rings. The molecule has 2 aliphatic carbocycles. The van der Waals surface area contributed by atoms with E-state index in [1.54, 1.807) is 7.11 Å². The molecule has 0 aliphatic heterocycles. The van der Waals surface area contributed by atoms with Gasteiger partial charge in [0.15, 0.2) is 0 Å². The minimum absolute atomic E-state index is 0.490. The van der Waals surface area contributed by atoms with Crippen LogP contribution in [0, 0.1) is 0 Å². The maximum Gasteiger partial charge on any atom is 0.218 e. The third kappa shape index (κ3) is 4.30. The van der Waals surface area contributed by atoms with Gasteiger partial charge in [-0.15, -0.1) is 0 Å². The van der Waals surface area contributed by atoms with Crippen LogP contribution in [0.5, 0.6) is 5.88 Å². The van der Waals surface area contributed by atoms with Gasteiger partial charge in [-0.3, -0.25) is 0 Å². The highest BCUT2D eigenvalue weighted by Crippen LogP contribution is 2.33. The summed E-state index contributed by atoms with van der Waals surface area (Å²) in [6.07, 6.45) is 8.79. The maximum atomic E-state index is 5.70. The van der Waals surface area contributed by atoms with Gasteiger partial charge in [-0.25, -0.2) is 4.98 Å². The Labute approximate surface area is 126 Å². The zero-order chi connectivity index (χ0) is 14.5. The standard InChI is InChI=1S/C16H25N3O2/c1-20-9-10-21-15-11-14(17-13-7-8-13)18-16(19-15)12-5-3-2-4-6-12/h11-13H,2-10H2,1H3,(H,17,18,19). The average Bonchev–Trinajstić information content (AvgIpc) is 3.32. The molecule has 0 amide bonds. The molecule has 0 aromatic carbocycles. The fourth-order valence-electron chi connectivity index (χ4n) is 2.80. The predicted molar refractivity (Wildman–Crippen MR) is 81.9 cm³/mol. The Bertz CT molecular complexity index is 457. The number of rotatable bonds is 7. The molecular weight excluding hydrogens is 266 g/mol. The molecule has 21 heavy (non-hydrogen) atoms. The lowest BCUT2D eigenvalue weighted by Crippen LogP contribution is -2.14. The monoisotopic (exact) mass is 291 g/mol. The smallest absolute Gasteiger partial charge is 0.218 e. The van der Waals surface area contributed by atoms with Crippen molar-refractivity contribution in [1.82, 2.24) is 9.97 Å². The van der Waals surface area contributed by atoms with Gasteiger partial charge < -0.3 is 14.8 Å². The summed E-state index contributed by atoms with van der Waals surface area (Å²) in [6, 6.07) is 2.51. The second-order valence-corrected chi connectivity index (χ2v) is 6.04. The van der Waals surface area contributed by atoms with E-state index in [4.69, 9.17) is 14.5 Å². The van der Waals surface area contributed by atoms with Gasteiger partial charge in [-0.05, 0) is 25.7 Å². The van der Waals surface area contributed by atoms with Crippen molar-refractivity contribution < 1.29 is 9.47 Å². The Morgan fingerprint density at radius 2 is 1.90 bits per heavy atom. The van der Waals surface area contributed by atoms with Gasteiger partial charge in [0.1, 0.15) is 18.2 Å². The number of methoxy groups -OCH3 is 1. The fourth-order valence-corrected chi connectivity index (χ4v) is 2.80. The molecule has 5 nitrogen and oxygen atoms in total. The highest BCUT2D eigenvalue weighted by molar-refractivity contribution is 5.41. The molecule has 1 N–H and O–H groups in total. The molecule has 2 saturated carbocycles. The average molecular weight is 291 g/mol. The zero-order valence-corrected chi connectivity index (χ0v) is 12.8. The topological polar surface area (TPSA) is 56.3 Å². The summed E-state index contributed by atoms with van der Waals surface area (Å²) in [5.74, 6) is 3.03. The van der Waals surface area contributed by atoms with E-state index in [2.05, 4.69) is 10.3 Å². The van der Waals surface area contributed by atoms with Crippen LogP contribution in [0.2, 0.25) is 0 Å². The van der Waals surface area contributed by atoms with Gasteiger partial charge in [0.25, 0.3) is 0 Å². The highest BCUT2D eigenvalue weighted by Gasteiger charge is 2.24. The van der Waals surface area contributed by atoms with Crippen molar-refractivity contribution >= 4 is 5.82 Å². The minimum atomic E-state index is 0.490. The molecule has 0 saturated heterocycles. The first kappa shape index (κ1) is 14.6. The van der Waals surface area contributed by atoms with Crippen LogP contribution in [0.15, 0.2) is 6.07 Å². The number of hydrogen-bond donors (Lipinski definition) is 1. The lowest BCUT2D eigenvalue weighted by atomic mass is 9.89. The van der Waals surface area contributed by atoms with Crippen LogP contribution in [0.25, 0.3) is 0 Å². The summed E-state index contributed by atoms with van der Waals surface area (Å²) in [5, 5.41) is 3.46. The lowest BCUT2D eigenvalue weighted by molar-refractivity contribution is 0.143. The summed E-state index contributed by atoms with van der Waals surface area (Å²) in [5.41, 5.74) is 0. The van der Waals surface area contributed by atoms with Crippen molar-refractivity contribution in [1.29, 1.82) is 0 Å². The van der Waals surface area contributed by atoms with Crippen LogP contribution in [0.1, 0.15) is 56.7 Å². The summed E-state index contributed by atoms with van der Waals surface area (Å²) in [4.78, 5) is 9.36. The molecule has 116 valence electrons. The minimum Gasteiger partial charge on any atom is -0.475 e. The highest BCUT2D eigenvalue weighted by atomic mass is 16.5. The lowest BCUT2D eigenvalue weighted by Gasteiger charge is -2.21. The Morgan fingerprint density at radius 1 is 1.10 bits per heavy atom. The maximum absolute atomic E-state index is 5.70. The van der Waals surface area contributed by atoms with Crippen LogP contribution >= 0.6 is 0 Å². The van der Waals surface area contributed by atoms with Gasteiger partial charge >= 0.3 is 0 Å².